The number of anilines is 1. The van der Waals surface area contributed by atoms with Gasteiger partial charge in [0.2, 0.25) is 5.91 Å². The number of hydrogen-bond acceptors (Lipinski definition) is 4. The molecule has 7 nitrogen and oxygen atoms in total. The summed E-state index contributed by atoms with van der Waals surface area (Å²) < 4.78 is 4.79. The highest BCUT2D eigenvalue weighted by Crippen LogP contribution is 2.37. The fourth-order valence-corrected chi connectivity index (χ4v) is 5.32. The first-order valence-corrected chi connectivity index (χ1v) is 13.4. The lowest BCUT2D eigenvalue weighted by atomic mass is 9.77. The molecule has 3 N–H and O–H groups in total. The van der Waals surface area contributed by atoms with Gasteiger partial charge in [-0.25, -0.2) is 0 Å². The molecule has 1 aromatic heterocycles. The molecule has 0 atom stereocenters. The first kappa shape index (κ1) is 27.5. The summed E-state index contributed by atoms with van der Waals surface area (Å²) in [6.07, 6.45) is 4.81. The fourth-order valence-electron chi connectivity index (χ4n) is 5.08. The van der Waals surface area contributed by atoms with Crippen LogP contribution in [0.4, 0.5) is 5.69 Å². The van der Waals surface area contributed by atoms with Gasteiger partial charge in [0.1, 0.15) is 0 Å². The van der Waals surface area contributed by atoms with E-state index in [1.165, 1.54) is 12.7 Å². The minimum atomic E-state index is -0.240. The van der Waals surface area contributed by atoms with Crippen LogP contribution in [-0.4, -0.2) is 36.4 Å². The Morgan fingerprint density at radius 2 is 1.74 bits per heavy atom. The smallest absolute Gasteiger partial charge is 0.305 e. The number of rotatable bonds is 9. The van der Waals surface area contributed by atoms with Crippen molar-refractivity contribution in [2.45, 2.75) is 51.4 Å². The van der Waals surface area contributed by atoms with Crippen LogP contribution in [0, 0.1) is 12.8 Å². The van der Waals surface area contributed by atoms with Crippen molar-refractivity contribution in [2.24, 2.45) is 5.92 Å². The monoisotopic (exact) mass is 535 g/mol. The number of nitrogens with one attached hydrogen (secondary N) is 3. The zero-order chi connectivity index (χ0) is 27.1. The summed E-state index contributed by atoms with van der Waals surface area (Å²) in [7, 11) is 1.44. The van der Waals surface area contributed by atoms with Crippen LogP contribution in [0.25, 0.3) is 11.3 Å². The zero-order valence-corrected chi connectivity index (χ0v) is 22.6. The van der Waals surface area contributed by atoms with Crippen molar-refractivity contribution in [1.29, 1.82) is 0 Å². The Hall–Kier alpha value is -3.58. The highest BCUT2D eigenvalue weighted by atomic mass is 35.5. The second kappa shape index (κ2) is 12.8. The SMILES string of the molecule is COC(=O)CC1CCC(c2ccc(NC(=O)CCNC(=O)c3cc(-c4ccccc4Cl)[nH]c3C)cc2)CC1. The second-order valence-electron chi connectivity index (χ2n) is 9.88. The molecular weight excluding hydrogens is 502 g/mol. The molecule has 1 saturated carbocycles. The molecule has 4 rings (SSSR count). The van der Waals surface area contributed by atoms with E-state index in [1.54, 1.807) is 12.1 Å². The highest BCUT2D eigenvalue weighted by molar-refractivity contribution is 6.33. The first-order valence-electron chi connectivity index (χ1n) is 13.0. The molecule has 2 amide bonds. The van der Waals surface area contributed by atoms with Crippen LogP contribution >= 0.6 is 11.6 Å². The van der Waals surface area contributed by atoms with Crippen molar-refractivity contribution in [3.8, 4) is 11.3 Å². The quantitative estimate of drug-likeness (QED) is 0.282. The number of carbonyl (C=O) groups excluding carboxylic acids is 3. The Morgan fingerprint density at radius 3 is 2.42 bits per heavy atom. The van der Waals surface area contributed by atoms with Crippen molar-refractivity contribution in [3.63, 3.8) is 0 Å². The van der Waals surface area contributed by atoms with E-state index in [0.717, 1.165) is 48.3 Å². The number of aromatic amines is 1. The van der Waals surface area contributed by atoms with Crippen molar-refractivity contribution >= 4 is 35.1 Å². The van der Waals surface area contributed by atoms with Gasteiger partial charge >= 0.3 is 5.97 Å². The molecule has 200 valence electrons. The molecule has 1 heterocycles. The van der Waals surface area contributed by atoms with Gasteiger partial charge in [-0.3, -0.25) is 14.4 Å². The summed E-state index contributed by atoms with van der Waals surface area (Å²) in [5, 5.41) is 6.33. The Balaban J connectivity index is 1.22. The van der Waals surface area contributed by atoms with Gasteiger partial charge in [0, 0.05) is 47.0 Å². The molecule has 0 spiro atoms. The van der Waals surface area contributed by atoms with E-state index in [1.807, 2.05) is 37.3 Å². The average molecular weight is 536 g/mol. The van der Waals surface area contributed by atoms with E-state index in [4.69, 9.17) is 16.3 Å². The molecule has 0 unspecified atom stereocenters. The lowest BCUT2D eigenvalue weighted by Crippen LogP contribution is -2.27. The number of aromatic nitrogens is 1. The van der Waals surface area contributed by atoms with E-state index in [-0.39, 0.29) is 30.7 Å². The van der Waals surface area contributed by atoms with Crippen LogP contribution in [0.2, 0.25) is 5.02 Å². The molecule has 8 heteroatoms. The second-order valence-corrected chi connectivity index (χ2v) is 10.3. The van der Waals surface area contributed by atoms with E-state index < -0.39 is 0 Å². The highest BCUT2D eigenvalue weighted by Gasteiger charge is 2.24. The van der Waals surface area contributed by atoms with E-state index in [0.29, 0.717) is 28.8 Å². The summed E-state index contributed by atoms with van der Waals surface area (Å²) in [6, 6.07) is 17.2. The van der Waals surface area contributed by atoms with Crippen molar-refractivity contribution in [2.75, 3.05) is 19.0 Å². The zero-order valence-electron chi connectivity index (χ0n) is 21.8. The Kier molecular flexibility index (Phi) is 9.24. The molecule has 38 heavy (non-hydrogen) atoms. The average Bonchev–Trinajstić information content (AvgIpc) is 3.31. The van der Waals surface area contributed by atoms with Gasteiger partial charge in [-0.05, 0) is 74.3 Å². The maximum atomic E-state index is 12.7. The van der Waals surface area contributed by atoms with E-state index in [9.17, 15) is 14.4 Å². The standard InChI is InChI=1S/C30H34ClN3O4/c1-19-25(18-27(33-19)24-5-3-4-6-26(24)31)30(37)32-16-15-28(35)34-23-13-11-22(12-14-23)21-9-7-20(8-10-21)17-29(36)38-2/h3-6,11-14,18,20-21,33H,7-10,15-17H2,1-2H3,(H,32,37)(H,34,35). The number of halogens is 1. The Labute approximate surface area is 228 Å². The maximum Gasteiger partial charge on any atom is 0.305 e. The minimum absolute atomic E-state index is 0.129. The van der Waals surface area contributed by atoms with Crippen LogP contribution in [0.15, 0.2) is 54.6 Å². The Bertz CT molecular complexity index is 1280. The third-order valence-corrected chi connectivity index (χ3v) is 7.59. The maximum absolute atomic E-state index is 12.7. The van der Waals surface area contributed by atoms with Gasteiger partial charge in [-0.1, -0.05) is 41.9 Å². The molecule has 2 aromatic carbocycles. The normalized spacial score (nSPS) is 17.0. The molecule has 0 radical (unpaired) electrons. The lowest BCUT2D eigenvalue weighted by Gasteiger charge is -2.28. The summed E-state index contributed by atoms with van der Waals surface area (Å²) in [6.45, 7) is 2.06. The van der Waals surface area contributed by atoms with Crippen molar-refractivity contribution < 1.29 is 19.1 Å². The van der Waals surface area contributed by atoms with E-state index >= 15 is 0 Å². The van der Waals surface area contributed by atoms with Gasteiger partial charge < -0.3 is 20.4 Å². The van der Waals surface area contributed by atoms with Gasteiger partial charge in [0.05, 0.1) is 12.7 Å². The number of hydrogen-bond donors (Lipinski definition) is 3. The fraction of sp³-hybridized carbons (Fsp3) is 0.367. The van der Waals surface area contributed by atoms with E-state index in [2.05, 4.69) is 27.8 Å². The van der Waals surface area contributed by atoms with Crippen molar-refractivity contribution in [1.82, 2.24) is 10.3 Å². The number of H-pyrrole nitrogens is 1. The number of methoxy groups -OCH3 is 1. The van der Waals surface area contributed by atoms with Crippen LogP contribution < -0.4 is 10.6 Å². The van der Waals surface area contributed by atoms with Crippen molar-refractivity contribution in [3.05, 3.63) is 76.4 Å². The number of amides is 2. The molecule has 0 bridgehead atoms. The number of carbonyl (C=O) groups is 3. The number of benzene rings is 2. The van der Waals surface area contributed by atoms with Gasteiger partial charge in [-0.2, -0.15) is 0 Å². The number of aryl methyl sites for hydroxylation is 1. The minimum Gasteiger partial charge on any atom is -0.469 e. The molecule has 1 fully saturated rings. The van der Waals surface area contributed by atoms with Gasteiger partial charge in [-0.15, -0.1) is 0 Å². The first-order chi connectivity index (χ1) is 18.3. The Morgan fingerprint density at radius 1 is 1.03 bits per heavy atom. The van der Waals surface area contributed by atoms with Crippen LogP contribution in [0.3, 0.4) is 0 Å². The number of ether oxygens (including phenoxy) is 1. The summed E-state index contributed by atoms with van der Waals surface area (Å²) in [5.74, 6) is 0.345. The predicted molar refractivity (Wildman–Crippen MR) is 149 cm³/mol. The third kappa shape index (κ3) is 7.04. The molecule has 0 saturated heterocycles. The largest absolute Gasteiger partial charge is 0.469 e. The summed E-state index contributed by atoms with van der Waals surface area (Å²) in [4.78, 5) is 39.9. The topological polar surface area (TPSA) is 100 Å². The molecule has 1 aliphatic rings. The summed E-state index contributed by atoms with van der Waals surface area (Å²) >= 11 is 6.28. The van der Waals surface area contributed by atoms with Gasteiger partial charge in [0.25, 0.3) is 5.91 Å². The lowest BCUT2D eigenvalue weighted by molar-refractivity contribution is -0.142. The third-order valence-electron chi connectivity index (χ3n) is 7.26. The molecule has 1 aliphatic carbocycles. The van der Waals surface area contributed by atoms with Crippen LogP contribution in [0.5, 0.6) is 0 Å². The summed E-state index contributed by atoms with van der Waals surface area (Å²) in [5.41, 5.74) is 4.84. The molecule has 0 aliphatic heterocycles. The predicted octanol–water partition coefficient (Wildman–Crippen LogP) is 6.24. The number of esters is 1. The van der Waals surface area contributed by atoms with Crippen LogP contribution in [-0.2, 0) is 14.3 Å². The van der Waals surface area contributed by atoms with Gasteiger partial charge in [0.15, 0.2) is 0 Å². The van der Waals surface area contributed by atoms with Crippen LogP contribution in [0.1, 0.15) is 66.1 Å². The molecular formula is C30H34ClN3O4. The molecule has 3 aromatic rings.